The van der Waals surface area contributed by atoms with Gasteiger partial charge in [0.15, 0.2) is 5.96 Å². The second kappa shape index (κ2) is 9.00. The number of aliphatic imine (C=N–C) groups is 1. The van der Waals surface area contributed by atoms with Gasteiger partial charge in [-0.3, -0.25) is 9.48 Å². The molecule has 8 heteroatoms. The number of aryl methyl sites for hydroxylation is 1. The van der Waals surface area contributed by atoms with E-state index in [1.165, 1.54) is 25.6 Å². The van der Waals surface area contributed by atoms with Crippen LogP contribution in [-0.4, -0.2) is 57.2 Å². The van der Waals surface area contributed by atoms with Crippen molar-refractivity contribution in [1.29, 1.82) is 0 Å². The van der Waals surface area contributed by atoms with Gasteiger partial charge in [-0.05, 0) is 26.2 Å². The number of likely N-dealkylation sites (tertiary alicyclic amines) is 1. The molecule has 1 saturated heterocycles. The highest BCUT2D eigenvalue weighted by molar-refractivity contribution is 5.81. The number of guanidine groups is 1. The van der Waals surface area contributed by atoms with Gasteiger partial charge in [-0.15, -0.1) is 0 Å². The maximum atomic E-state index is 12.7. The maximum Gasteiger partial charge on any atom is 0.225 e. The Kier molecular flexibility index (Phi) is 6.46. The van der Waals surface area contributed by atoms with Gasteiger partial charge < -0.3 is 15.5 Å². The summed E-state index contributed by atoms with van der Waals surface area (Å²) in [6.45, 7) is 4.93. The fourth-order valence-electron chi connectivity index (χ4n) is 3.81. The monoisotopic (exact) mass is 361 g/mol. The molecule has 3 rings (SSSR count). The molecule has 0 radical (unpaired) electrons. The van der Waals surface area contributed by atoms with E-state index in [0.29, 0.717) is 12.5 Å². The lowest BCUT2D eigenvalue weighted by Gasteiger charge is -2.26. The molecule has 1 saturated carbocycles. The second-order valence-corrected chi connectivity index (χ2v) is 7.24. The van der Waals surface area contributed by atoms with Crippen molar-refractivity contribution in [2.45, 2.75) is 58.0 Å². The standard InChI is InChI=1S/C18H31N7O/c1-3-19-18(20-11-16-21-13-22-24(16)2)23-15-9-10-25(12-15)17(26)14-7-5-4-6-8-14/h13-15H,3-12H2,1-2H3,(H2,19,20,23). The highest BCUT2D eigenvalue weighted by Gasteiger charge is 2.31. The van der Waals surface area contributed by atoms with Gasteiger partial charge in [0.25, 0.3) is 0 Å². The molecule has 1 atom stereocenters. The molecule has 1 unspecified atom stereocenters. The molecule has 1 amide bonds. The predicted molar refractivity (Wildman–Crippen MR) is 101 cm³/mol. The number of carbonyl (C=O) groups excluding carboxylic acids is 1. The van der Waals surface area contributed by atoms with Gasteiger partial charge in [-0.1, -0.05) is 19.3 Å². The Hall–Kier alpha value is -2.12. The summed E-state index contributed by atoms with van der Waals surface area (Å²) < 4.78 is 1.73. The van der Waals surface area contributed by atoms with Gasteiger partial charge in [-0.2, -0.15) is 5.10 Å². The molecule has 2 heterocycles. The lowest BCUT2D eigenvalue weighted by molar-refractivity contribution is -0.135. The Morgan fingerprint density at radius 2 is 2.12 bits per heavy atom. The summed E-state index contributed by atoms with van der Waals surface area (Å²) in [4.78, 5) is 23.6. The van der Waals surface area contributed by atoms with Crippen LogP contribution in [0.25, 0.3) is 0 Å². The van der Waals surface area contributed by atoms with Crippen LogP contribution in [0.1, 0.15) is 51.3 Å². The summed E-state index contributed by atoms with van der Waals surface area (Å²) in [6, 6.07) is 0.250. The first-order valence-electron chi connectivity index (χ1n) is 9.84. The largest absolute Gasteiger partial charge is 0.357 e. The molecule has 1 aliphatic carbocycles. The van der Waals surface area contributed by atoms with Crippen molar-refractivity contribution in [3.05, 3.63) is 12.2 Å². The van der Waals surface area contributed by atoms with E-state index < -0.39 is 0 Å². The number of nitrogens with one attached hydrogen (secondary N) is 2. The van der Waals surface area contributed by atoms with Gasteiger partial charge in [0, 0.05) is 38.6 Å². The van der Waals surface area contributed by atoms with Gasteiger partial charge in [-0.25, -0.2) is 9.98 Å². The minimum atomic E-state index is 0.250. The van der Waals surface area contributed by atoms with Crippen molar-refractivity contribution in [2.24, 2.45) is 18.0 Å². The first-order chi connectivity index (χ1) is 12.7. The van der Waals surface area contributed by atoms with Crippen LogP contribution < -0.4 is 10.6 Å². The summed E-state index contributed by atoms with van der Waals surface area (Å²) in [5.74, 6) is 2.20. The van der Waals surface area contributed by atoms with Crippen LogP contribution in [0.4, 0.5) is 0 Å². The lowest BCUT2D eigenvalue weighted by Crippen LogP contribution is -2.45. The molecule has 0 aromatic carbocycles. The number of carbonyl (C=O) groups is 1. The van der Waals surface area contributed by atoms with E-state index >= 15 is 0 Å². The van der Waals surface area contributed by atoms with Crippen LogP contribution in [0.3, 0.4) is 0 Å². The normalized spacial score (nSPS) is 21.8. The second-order valence-electron chi connectivity index (χ2n) is 7.24. The molecule has 144 valence electrons. The summed E-state index contributed by atoms with van der Waals surface area (Å²) >= 11 is 0. The number of amides is 1. The molecule has 26 heavy (non-hydrogen) atoms. The molecular weight excluding hydrogens is 330 g/mol. The zero-order valence-electron chi connectivity index (χ0n) is 15.9. The van der Waals surface area contributed by atoms with Crippen molar-refractivity contribution in [3.63, 3.8) is 0 Å². The fraction of sp³-hybridized carbons (Fsp3) is 0.778. The quantitative estimate of drug-likeness (QED) is 0.605. The summed E-state index contributed by atoms with van der Waals surface area (Å²) in [7, 11) is 1.87. The third-order valence-corrected chi connectivity index (χ3v) is 5.32. The van der Waals surface area contributed by atoms with Crippen LogP contribution in [0, 0.1) is 5.92 Å². The van der Waals surface area contributed by atoms with Gasteiger partial charge in [0.1, 0.15) is 18.7 Å². The molecule has 1 aromatic rings. The number of rotatable bonds is 5. The van der Waals surface area contributed by atoms with E-state index in [9.17, 15) is 4.79 Å². The third kappa shape index (κ3) is 4.74. The zero-order chi connectivity index (χ0) is 18.4. The van der Waals surface area contributed by atoms with Crippen LogP contribution in [0.15, 0.2) is 11.3 Å². The smallest absolute Gasteiger partial charge is 0.225 e. The summed E-state index contributed by atoms with van der Waals surface area (Å²) in [5.41, 5.74) is 0. The minimum absolute atomic E-state index is 0.250. The molecule has 0 spiro atoms. The number of hydrogen-bond acceptors (Lipinski definition) is 4. The van der Waals surface area contributed by atoms with Crippen molar-refractivity contribution in [1.82, 2.24) is 30.3 Å². The lowest BCUT2D eigenvalue weighted by atomic mass is 9.88. The maximum absolute atomic E-state index is 12.7. The third-order valence-electron chi connectivity index (χ3n) is 5.32. The highest BCUT2D eigenvalue weighted by atomic mass is 16.2. The highest BCUT2D eigenvalue weighted by Crippen LogP contribution is 2.26. The first kappa shape index (κ1) is 18.7. The molecule has 2 fully saturated rings. The van der Waals surface area contributed by atoms with Gasteiger partial charge in [0.05, 0.1) is 0 Å². The average Bonchev–Trinajstić information content (AvgIpc) is 3.29. The van der Waals surface area contributed by atoms with Crippen molar-refractivity contribution in [2.75, 3.05) is 19.6 Å². The fourth-order valence-corrected chi connectivity index (χ4v) is 3.81. The molecule has 2 N–H and O–H groups in total. The van der Waals surface area contributed by atoms with E-state index in [4.69, 9.17) is 0 Å². The SMILES string of the molecule is CCNC(=NCc1ncnn1C)NC1CCN(C(=O)C2CCCCC2)C1. The van der Waals surface area contributed by atoms with E-state index in [2.05, 4.69) is 25.7 Å². The number of aromatic nitrogens is 3. The summed E-state index contributed by atoms with van der Waals surface area (Å²) in [5, 5.41) is 10.8. The molecule has 1 aliphatic heterocycles. The van der Waals surface area contributed by atoms with E-state index in [0.717, 1.165) is 50.7 Å². The average molecular weight is 361 g/mol. The van der Waals surface area contributed by atoms with Gasteiger partial charge in [0.2, 0.25) is 5.91 Å². The van der Waals surface area contributed by atoms with Crippen LogP contribution in [0.5, 0.6) is 0 Å². The van der Waals surface area contributed by atoms with E-state index in [1.54, 1.807) is 4.68 Å². The van der Waals surface area contributed by atoms with E-state index in [-0.39, 0.29) is 12.0 Å². The van der Waals surface area contributed by atoms with Crippen LogP contribution >= 0.6 is 0 Å². The molecular formula is C18H31N7O. The topological polar surface area (TPSA) is 87.4 Å². The zero-order valence-corrected chi connectivity index (χ0v) is 15.9. The van der Waals surface area contributed by atoms with Gasteiger partial charge >= 0.3 is 0 Å². The Labute approximate surface area is 155 Å². The molecule has 8 nitrogen and oxygen atoms in total. The molecule has 2 aliphatic rings. The Morgan fingerprint density at radius 3 is 2.81 bits per heavy atom. The Morgan fingerprint density at radius 1 is 1.31 bits per heavy atom. The number of hydrogen-bond donors (Lipinski definition) is 2. The van der Waals surface area contributed by atoms with E-state index in [1.807, 2.05) is 18.9 Å². The van der Waals surface area contributed by atoms with Crippen molar-refractivity contribution >= 4 is 11.9 Å². The first-order valence-corrected chi connectivity index (χ1v) is 9.84. The van der Waals surface area contributed by atoms with Crippen LogP contribution in [0.2, 0.25) is 0 Å². The Balaban J connectivity index is 1.53. The molecule has 1 aromatic heterocycles. The Bertz CT molecular complexity index is 621. The molecule has 0 bridgehead atoms. The minimum Gasteiger partial charge on any atom is -0.357 e. The summed E-state index contributed by atoms with van der Waals surface area (Å²) in [6.07, 6.45) is 8.31. The van der Waals surface area contributed by atoms with Crippen molar-refractivity contribution in [3.8, 4) is 0 Å². The number of nitrogens with zero attached hydrogens (tertiary/aromatic N) is 5. The van der Waals surface area contributed by atoms with Crippen molar-refractivity contribution < 1.29 is 4.79 Å². The van der Waals surface area contributed by atoms with Crippen LogP contribution in [-0.2, 0) is 18.4 Å². The predicted octanol–water partition coefficient (Wildman–Crippen LogP) is 1.05.